The Morgan fingerprint density at radius 3 is 2.20 bits per heavy atom. The molecule has 3 aromatic rings. The van der Waals surface area contributed by atoms with Crippen molar-refractivity contribution in [3.8, 4) is 5.75 Å². The molecule has 3 rings (SSSR count). The monoisotopic (exact) mass is 429 g/mol. The summed E-state index contributed by atoms with van der Waals surface area (Å²) < 4.78 is 50.4. The second kappa shape index (κ2) is 9.41. The molecule has 6 nitrogen and oxygen atoms in total. The van der Waals surface area contributed by atoms with Crippen molar-refractivity contribution in [2.45, 2.75) is 4.90 Å². The van der Waals surface area contributed by atoms with Gasteiger partial charge in [0.25, 0.3) is 10.0 Å². The van der Waals surface area contributed by atoms with E-state index in [1.54, 1.807) is 42.5 Å². The molecule has 0 spiro atoms. The smallest absolute Gasteiger partial charge is 0.338 e. The molecule has 0 radical (unpaired) electrons. The first-order chi connectivity index (χ1) is 14.4. The molecule has 0 aliphatic rings. The van der Waals surface area contributed by atoms with E-state index in [2.05, 4.69) is 0 Å². The van der Waals surface area contributed by atoms with E-state index in [1.165, 1.54) is 47.8 Å². The summed E-state index contributed by atoms with van der Waals surface area (Å²) in [6, 6.07) is 20.0. The number of halogens is 1. The van der Waals surface area contributed by atoms with Crippen LogP contribution in [0.15, 0.2) is 83.8 Å². The van der Waals surface area contributed by atoms with Gasteiger partial charge in [-0.3, -0.25) is 4.31 Å². The Balaban J connectivity index is 1.58. The molecule has 0 heterocycles. The molecule has 0 saturated carbocycles. The number of benzene rings is 3. The Morgan fingerprint density at radius 2 is 1.53 bits per heavy atom. The normalized spacial score (nSPS) is 11.0. The minimum absolute atomic E-state index is 0.0129. The molecule has 156 valence electrons. The number of esters is 1. The van der Waals surface area contributed by atoms with Gasteiger partial charge in [-0.15, -0.1) is 0 Å². The van der Waals surface area contributed by atoms with Gasteiger partial charge in [-0.2, -0.15) is 0 Å². The number of anilines is 1. The molecule has 0 amide bonds. The van der Waals surface area contributed by atoms with Crippen molar-refractivity contribution in [1.29, 1.82) is 0 Å². The summed E-state index contributed by atoms with van der Waals surface area (Å²) in [5.74, 6) is -1.06. The lowest BCUT2D eigenvalue weighted by molar-refractivity contribution is 0.0448. The number of hydrogen-bond acceptors (Lipinski definition) is 5. The summed E-state index contributed by atoms with van der Waals surface area (Å²) in [5, 5.41) is 0. The molecular weight excluding hydrogens is 409 g/mol. The number of para-hydroxylation sites is 2. The van der Waals surface area contributed by atoms with Gasteiger partial charge in [0.1, 0.15) is 13.2 Å². The van der Waals surface area contributed by atoms with E-state index in [9.17, 15) is 17.6 Å². The maximum absolute atomic E-state index is 13.5. The van der Waals surface area contributed by atoms with Crippen molar-refractivity contribution in [1.82, 2.24) is 0 Å². The van der Waals surface area contributed by atoms with E-state index in [4.69, 9.17) is 9.47 Å². The molecule has 0 bridgehead atoms. The van der Waals surface area contributed by atoms with Crippen molar-refractivity contribution < 1.29 is 27.1 Å². The lowest BCUT2D eigenvalue weighted by Crippen LogP contribution is -2.26. The lowest BCUT2D eigenvalue weighted by Gasteiger charge is -2.19. The summed E-state index contributed by atoms with van der Waals surface area (Å²) in [4.78, 5) is 12.2. The van der Waals surface area contributed by atoms with Crippen LogP contribution in [0.2, 0.25) is 0 Å². The summed E-state index contributed by atoms with van der Waals surface area (Å²) >= 11 is 0. The van der Waals surface area contributed by atoms with Crippen molar-refractivity contribution >= 4 is 21.7 Å². The predicted octanol–water partition coefficient (Wildman–Crippen LogP) is 3.89. The summed E-state index contributed by atoms with van der Waals surface area (Å²) in [6.07, 6.45) is 0. The van der Waals surface area contributed by atoms with Crippen molar-refractivity contribution in [2.75, 3.05) is 24.6 Å². The predicted molar refractivity (Wildman–Crippen MR) is 111 cm³/mol. The van der Waals surface area contributed by atoms with Crippen LogP contribution >= 0.6 is 0 Å². The maximum atomic E-state index is 13.5. The molecule has 0 unspecified atom stereocenters. The van der Waals surface area contributed by atoms with E-state index in [1.807, 2.05) is 0 Å². The first kappa shape index (κ1) is 21.3. The van der Waals surface area contributed by atoms with Crippen LogP contribution in [0.4, 0.5) is 10.1 Å². The Labute approximate surface area is 174 Å². The van der Waals surface area contributed by atoms with Crippen molar-refractivity contribution in [3.63, 3.8) is 0 Å². The third-order valence-corrected chi connectivity index (χ3v) is 6.08. The van der Waals surface area contributed by atoms with Crippen LogP contribution in [0.3, 0.4) is 0 Å². The topological polar surface area (TPSA) is 72.9 Å². The fourth-order valence-corrected chi connectivity index (χ4v) is 3.82. The molecule has 8 heteroatoms. The number of rotatable bonds is 8. The van der Waals surface area contributed by atoms with Crippen molar-refractivity contribution in [2.24, 2.45) is 0 Å². The van der Waals surface area contributed by atoms with Crippen LogP contribution in [-0.2, 0) is 14.8 Å². The van der Waals surface area contributed by atoms with Gasteiger partial charge in [-0.25, -0.2) is 17.6 Å². The largest absolute Gasteiger partial charge is 0.487 e. The van der Waals surface area contributed by atoms with Crippen LogP contribution in [0.25, 0.3) is 0 Å². The second-order valence-corrected chi connectivity index (χ2v) is 8.22. The average molecular weight is 429 g/mol. The van der Waals surface area contributed by atoms with Gasteiger partial charge in [0, 0.05) is 7.05 Å². The number of ether oxygens (including phenoxy) is 2. The van der Waals surface area contributed by atoms with Gasteiger partial charge in [-0.1, -0.05) is 30.3 Å². The number of carbonyl (C=O) groups is 1. The van der Waals surface area contributed by atoms with Gasteiger partial charge in [0.2, 0.25) is 0 Å². The van der Waals surface area contributed by atoms with Crippen LogP contribution in [0, 0.1) is 5.82 Å². The molecule has 30 heavy (non-hydrogen) atoms. The molecule has 0 N–H and O–H groups in total. The standard InChI is InChI=1S/C22H20FNO5S/c1-24(18-7-3-2-4-8-18)30(26,27)19-13-11-17(12-14-19)22(25)29-16-15-28-21-10-6-5-9-20(21)23/h2-14H,15-16H2,1H3. The quantitative estimate of drug-likeness (QED) is 0.401. The van der Waals surface area contributed by atoms with E-state index in [0.717, 1.165) is 0 Å². The molecular formula is C22H20FNO5S. The van der Waals surface area contributed by atoms with E-state index >= 15 is 0 Å². The number of nitrogens with zero attached hydrogens (tertiary/aromatic N) is 1. The molecule has 0 fully saturated rings. The number of carbonyl (C=O) groups excluding carboxylic acids is 1. The second-order valence-electron chi connectivity index (χ2n) is 6.25. The minimum atomic E-state index is -3.76. The van der Waals surface area contributed by atoms with Gasteiger partial charge < -0.3 is 9.47 Å². The Morgan fingerprint density at radius 1 is 0.900 bits per heavy atom. The van der Waals surface area contributed by atoms with E-state index in [0.29, 0.717) is 5.69 Å². The third-order valence-electron chi connectivity index (χ3n) is 4.28. The van der Waals surface area contributed by atoms with Gasteiger partial charge in [0.05, 0.1) is 16.1 Å². The first-order valence-corrected chi connectivity index (χ1v) is 10.5. The lowest BCUT2D eigenvalue weighted by atomic mass is 10.2. The fourth-order valence-electron chi connectivity index (χ4n) is 2.63. The zero-order valence-corrected chi connectivity index (χ0v) is 17.0. The fraction of sp³-hybridized carbons (Fsp3) is 0.136. The number of sulfonamides is 1. The molecule has 0 atom stereocenters. The summed E-state index contributed by atoms with van der Waals surface area (Å²) in [7, 11) is -2.30. The highest BCUT2D eigenvalue weighted by molar-refractivity contribution is 7.92. The van der Waals surface area contributed by atoms with Crippen molar-refractivity contribution in [3.05, 3.63) is 90.2 Å². The van der Waals surface area contributed by atoms with Crippen LogP contribution < -0.4 is 9.04 Å². The first-order valence-electron chi connectivity index (χ1n) is 9.08. The van der Waals surface area contributed by atoms with Gasteiger partial charge in [0.15, 0.2) is 11.6 Å². The number of hydrogen-bond donors (Lipinski definition) is 0. The maximum Gasteiger partial charge on any atom is 0.338 e. The Hall–Kier alpha value is -3.39. The SMILES string of the molecule is CN(c1ccccc1)S(=O)(=O)c1ccc(C(=O)OCCOc2ccccc2F)cc1. The average Bonchev–Trinajstić information content (AvgIpc) is 2.77. The highest BCUT2D eigenvalue weighted by atomic mass is 32.2. The highest BCUT2D eigenvalue weighted by Gasteiger charge is 2.21. The van der Waals surface area contributed by atoms with Gasteiger partial charge in [-0.05, 0) is 48.5 Å². The molecule has 0 aliphatic heterocycles. The van der Waals surface area contributed by atoms with Crippen LogP contribution in [-0.4, -0.2) is 34.6 Å². The Bertz CT molecular complexity index is 1100. The van der Waals surface area contributed by atoms with E-state index in [-0.39, 0.29) is 29.4 Å². The Kier molecular flexibility index (Phi) is 6.68. The van der Waals surface area contributed by atoms with Crippen LogP contribution in [0.5, 0.6) is 5.75 Å². The summed E-state index contributed by atoms with van der Waals surface area (Å²) in [5.41, 5.74) is 0.720. The minimum Gasteiger partial charge on any atom is -0.487 e. The third kappa shape index (κ3) is 4.96. The summed E-state index contributed by atoms with van der Waals surface area (Å²) in [6.45, 7) is -0.0923. The van der Waals surface area contributed by atoms with E-state index < -0.39 is 21.8 Å². The molecule has 0 aliphatic carbocycles. The van der Waals surface area contributed by atoms with Gasteiger partial charge >= 0.3 is 5.97 Å². The molecule has 3 aromatic carbocycles. The van der Waals surface area contributed by atoms with Crippen LogP contribution in [0.1, 0.15) is 10.4 Å². The molecule has 0 saturated heterocycles. The molecule has 0 aromatic heterocycles. The zero-order chi connectivity index (χ0) is 21.6. The zero-order valence-electron chi connectivity index (χ0n) is 16.2. The highest BCUT2D eigenvalue weighted by Crippen LogP contribution is 2.22.